The predicted molar refractivity (Wildman–Crippen MR) is 150 cm³/mol. The molecule has 2 N–H and O–H groups in total. The van der Waals surface area contributed by atoms with Crippen molar-refractivity contribution in [2.45, 2.75) is 38.3 Å². The molecule has 0 radical (unpaired) electrons. The number of allylic oxidation sites excluding steroid dienone is 1. The number of thiophene rings is 1. The zero-order valence-electron chi connectivity index (χ0n) is 20.1. The van der Waals surface area contributed by atoms with Gasteiger partial charge >= 0.3 is 0 Å². The van der Waals surface area contributed by atoms with E-state index in [1.807, 2.05) is 12.1 Å². The monoisotopic (exact) mass is 489 g/mol. The first-order valence-electron chi connectivity index (χ1n) is 12.6. The van der Waals surface area contributed by atoms with E-state index in [9.17, 15) is 4.79 Å². The van der Waals surface area contributed by atoms with Crippen molar-refractivity contribution < 1.29 is 4.79 Å². The average molecular weight is 490 g/mol. The fourth-order valence-electron chi connectivity index (χ4n) is 6.06. The number of benzene rings is 3. The van der Waals surface area contributed by atoms with Crippen molar-refractivity contribution in [1.29, 1.82) is 0 Å². The van der Waals surface area contributed by atoms with Gasteiger partial charge in [0, 0.05) is 56.8 Å². The minimum absolute atomic E-state index is 0.207. The summed E-state index contributed by atoms with van der Waals surface area (Å²) in [5.41, 5.74) is 7.57. The summed E-state index contributed by atoms with van der Waals surface area (Å²) < 4.78 is 2.37. The van der Waals surface area contributed by atoms with Gasteiger partial charge < -0.3 is 15.2 Å². The number of aromatic nitrogens is 1. The van der Waals surface area contributed by atoms with Crippen LogP contribution in [-0.2, 0) is 11.3 Å². The number of nitrogens with zero attached hydrogens (tertiary/aromatic N) is 1. The van der Waals surface area contributed by atoms with Crippen LogP contribution in [0.5, 0.6) is 0 Å². The van der Waals surface area contributed by atoms with Crippen LogP contribution in [0.1, 0.15) is 42.2 Å². The van der Waals surface area contributed by atoms with Gasteiger partial charge in [0.25, 0.3) is 0 Å². The molecule has 2 aromatic heterocycles. The number of Topliss-reactive ketones (excluding diaryl/α,β-unsaturated/α-hetero) is 1. The van der Waals surface area contributed by atoms with Crippen LogP contribution < -0.4 is 10.6 Å². The molecule has 178 valence electrons. The van der Waals surface area contributed by atoms with E-state index in [0.29, 0.717) is 6.42 Å². The van der Waals surface area contributed by atoms with Gasteiger partial charge in [0.05, 0.1) is 17.4 Å². The van der Waals surface area contributed by atoms with Crippen LogP contribution in [0.2, 0.25) is 0 Å². The molecule has 0 saturated carbocycles. The van der Waals surface area contributed by atoms with Crippen molar-refractivity contribution in [3.05, 3.63) is 106 Å². The maximum atomic E-state index is 13.8. The maximum Gasteiger partial charge on any atom is 0.163 e. The first-order chi connectivity index (χ1) is 17.7. The second-order valence-corrected chi connectivity index (χ2v) is 10.7. The van der Waals surface area contributed by atoms with Gasteiger partial charge in [-0.3, -0.25) is 4.79 Å². The van der Waals surface area contributed by atoms with Gasteiger partial charge in [-0.15, -0.1) is 11.3 Å². The summed E-state index contributed by atoms with van der Waals surface area (Å²) in [6.07, 6.45) is 1.39. The third kappa shape index (κ3) is 3.30. The van der Waals surface area contributed by atoms with Gasteiger partial charge in [0.1, 0.15) is 0 Å². The summed E-state index contributed by atoms with van der Waals surface area (Å²) in [7, 11) is 0. The number of anilines is 2. The van der Waals surface area contributed by atoms with Crippen LogP contribution in [0.15, 0.2) is 95.5 Å². The van der Waals surface area contributed by atoms with E-state index in [1.165, 1.54) is 26.7 Å². The van der Waals surface area contributed by atoms with Crippen molar-refractivity contribution in [3.63, 3.8) is 0 Å². The van der Waals surface area contributed by atoms with Gasteiger partial charge in [-0.2, -0.15) is 0 Å². The fraction of sp³-hybridized carbons (Fsp3) is 0.194. The van der Waals surface area contributed by atoms with Crippen molar-refractivity contribution in [2.75, 3.05) is 10.6 Å². The molecule has 1 aliphatic heterocycles. The largest absolute Gasteiger partial charge is 0.372 e. The highest BCUT2D eigenvalue weighted by molar-refractivity contribution is 7.10. The van der Waals surface area contributed by atoms with Gasteiger partial charge in [-0.05, 0) is 60.7 Å². The molecule has 0 spiro atoms. The van der Waals surface area contributed by atoms with Crippen molar-refractivity contribution in [1.82, 2.24) is 4.57 Å². The van der Waals surface area contributed by atoms with Gasteiger partial charge in [-0.25, -0.2) is 0 Å². The molecule has 5 aromatic rings. The van der Waals surface area contributed by atoms with E-state index in [0.717, 1.165) is 41.2 Å². The fourth-order valence-corrected chi connectivity index (χ4v) is 6.89. The molecular weight excluding hydrogens is 462 g/mol. The van der Waals surface area contributed by atoms with Crippen LogP contribution in [0, 0.1) is 0 Å². The molecule has 2 atom stereocenters. The Morgan fingerprint density at radius 3 is 2.53 bits per heavy atom. The Morgan fingerprint density at radius 1 is 0.889 bits per heavy atom. The predicted octanol–water partition coefficient (Wildman–Crippen LogP) is 7.86. The number of ketones is 1. The van der Waals surface area contributed by atoms with E-state index in [2.05, 4.69) is 94.2 Å². The molecule has 0 saturated heterocycles. The molecule has 3 heterocycles. The molecule has 2 aliphatic rings. The lowest BCUT2D eigenvalue weighted by atomic mass is 9.80. The summed E-state index contributed by atoms with van der Waals surface area (Å²) in [6.45, 7) is 3.11. The zero-order chi connectivity index (χ0) is 24.2. The molecule has 3 aromatic carbocycles. The number of hydrogen-bond donors (Lipinski definition) is 2. The number of fused-ring (bicyclic) bond motifs is 4. The number of aryl methyl sites for hydroxylation is 1. The minimum Gasteiger partial charge on any atom is -0.372 e. The Labute approximate surface area is 214 Å². The Bertz CT molecular complexity index is 1660. The topological polar surface area (TPSA) is 46.1 Å². The second kappa shape index (κ2) is 8.38. The van der Waals surface area contributed by atoms with Crippen LogP contribution in [0.25, 0.3) is 21.8 Å². The summed E-state index contributed by atoms with van der Waals surface area (Å²) in [5, 5.41) is 12.0. The normalized spacial score (nSPS) is 19.5. The van der Waals surface area contributed by atoms with Gasteiger partial charge in [0.2, 0.25) is 0 Å². The van der Waals surface area contributed by atoms with E-state index >= 15 is 0 Å². The first kappa shape index (κ1) is 21.5. The van der Waals surface area contributed by atoms with E-state index in [-0.39, 0.29) is 17.7 Å². The molecule has 36 heavy (non-hydrogen) atoms. The average Bonchev–Trinajstić information content (AvgIpc) is 3.51. The van der Waals surface area contributed by atoms with E-state index in [4.69, 9.17) is 0 Å². The number of nitrogens with one attached hydrogen (secondary N) is 2. The molecule has 5 heteroatoms. The Morgan fingerprint density at radius 2 is 1.69 bits per heavy atom. The smallest absolute Gasteiger partial charge is 0.163 e. The highest BCUT2D eigenvalue weighted by Gasteiger charge is 2.36. The standard InChI is InChI=1S/C31H27N3OS/c1-2-34-26-11-6-3-8-21(26)22-16-19(13-14-27(22)34)31-30-25(32-23-9-4-5-10-24(23)33-31)17-20(18-28(30)35)29-12-7-15-36-29/h3-16,20,31-33H,2,17-18H2,1H3. The molecule has 7 rings (SSSR count). The third-order valence-electron chi connectivity index (χ3n) is 7.70. The van der Waals surface area contributed by atoms with Gasteiger partial charge in [-0.1, -0.05) is 42.5 Å². The van der Waals surface area contributed by atoms with E-state index < -0.39 is 0 Å². The SMILES string of the molecule is CCn1c2ccccc2c2cc(C3Nc4ccccc4NC4=C3C(=O)CC(c3cccs3)C4)ccc21. The van der Waals surface area contributed by atoms with Gasteiger partial charge in [0.15, 0.2) is 5.78 Å². The summed E-state index contributed by atoms with van der Waals surface area (Å²) in [4.78, 5) is 15.1. The molecule has 4 nitrogen and oxygen atoms in total. The quantitative estimate of drug-likeness (QED) is 0.271. The second-order valence-electron chi connectivity index (χ2n) is 9.72. The van der Waals surface area contributed by atoms with Crippen LogP contribution in [0.4, 0.5) is 11.4 Å². The third-order valence-corrected chi connectivity index (χ3v) is 8.74. The molecule has 0 fully saturated rings. The Balaban J connectivity index is 1.41. The summed E-state index contributed by atoms with van der Waals surface area (Å²) in [5.74, 6) is 0.447. The molecule has 0 bridgehead atoms. The first-order valence-corrected chi connectivity index (χ1v) is 13.5. The van der Waals surface area contributed by atoms with Crippen LogP contribution >= 0.6 is 11.3 Å². The van der Waals surface area contributed by atoms with Crippen LogP contribution in [-0.4, -0.2) is 10.4 Å². The molecular formula is C31H27N3OS. The number of carbonyl (C=O) groups excluding carboxylic acids is 1. The lowest BCUT2D eigenvalue weighted by molar-refractivity contribution is -0.116. The number of rotatable bonds is 3. The van der Waals surface area contributed by atoms with E-state index in [1.54, 1.807) is 11.3 Å². The van der Waals surface area contributed by atoms with Crippen molar-refractivity contribution >= 4 is 50.3 Å². The zero-order valence-corrected chi connectivity index (χ0v) is 20.9. The number of para-hydroxylation sites is 3. The highest BCUT2D eigenvalue weighted by Crippen LogP contribution is 2.45. The number of carbonyl (C=O) groups is 1. The van der Waals surface area contributed by atoms with Crippen molar-refractivity contribution in [3.8, 4) is 0 Å². The molecule has 1 aliphatic carbocycles. The van der Waals surface area contributed by atoms with Crippen LogP contribution in [0.3, 0.4) is 0 Å². The minimum atomic E-state index is -0.207. The number of hydrogen-bond acceptors (Lipinski definition) is 4. The molecule has 2 unspecified atom stereocenters. The lowest BCUT2D eigenvalue weighted by Crippen LogP contribution is -2.26. The molecule has 0 amide bonds. The summed E-state index contributed by atoms with van der Waals surface area (Å²) >= 11 is 1.75. The highest BCUT2D eigenvalue weighted by atomic mass is 32.1. The Kier molecular flexibility index (Phi) is 5.00. The Hall–Kier alpha value is -3.83. The van der Waals surface area contributed by atoms with Crippen molar-refractivity contribution in [2.24, 2.45) is 0 Å². The maximum absolute atomic E-state index is 13.8. The summed E-state index contributed by atoms with van der Waals surface area (Å²) in [6, 6.07) is 27.6. The lowest BCUT2D eigenvalue weighted by Gasteiger charge is -2.29.